The largest absolute Gasteiger partial charge is 0.328 e. The van der Waals surface area contributed by atoms with E-state index < -0.39 is 5.82 Å². The standard InChI is InChI=1S/C21H19FN6O2S2/c1-13-18(19(30)28(27(13)2)14-8-4-3-5-9-14)24-17(29)12-31-21-26-25-20(32-21)23-16-11-7-6-10-15(16)22/h3-11H,12H2,1-2H3,(H,23,25)(H,24,29). The number of nitrogens with one attached hydrogen (secondary N) is 2. The summed E-state index contributed by atoms with van der Waals surface area (Å²) in [5.74, 6) is -0.677. The van der Waals surface area contributed by atoms with Crippen molar-refractivity contribution in [2.75, 3.05) is 16.4 Å². The molecule has 2 N–H and O–H groups in total. The average Bonchev–Trinajstić information content (AvgIpc) is 3.32. The zero-order chi connectivity index (χ0) is 22.7. The van der Waals surface area contributed by atoms with E-state index in [1.807, 2.05) is 30.3 Å². The predicted octanol–water partition coefficient (Wildman–Crippen LogP) is 3.95. The second-order valence-electron chi connectivity index (χ2n) is 6.75. The summed E-state index contributed by atoms with van der Waals surface area (Å²) in [4.78, 5) is 25.4. The average molecular weight is 471 g/mol. The predicted molar refractivity (Wildman–Crippen MR) is 125 cm³/mol. The molecule has 2 aromatic carbocycles. The molecular weight excluding hydrogens is 451 g/mol. The van der Waals surface area contributed by atoms with Crippen LogP contribution in [0.2, 0.25) is 0 Å². The van der Waals surface area contributed by atoms with E-state index >= 15 is 0 Å². The Morgan fingerprint density at radius 1 is 1.12 bits per heavy atom. The van der Waals surface area contributed by atoms with E-state index in [0.29, 0.717) is 26.5 Å². The number of amides is 1. The number of carbonyl (C=O) groups excluding carboxylic acids is 1. The Bertz CT molecular complexity index is 1320. The highest BCUT2D eigenvalue weighted by Gasteiger charge is 2.18. The fourth-order valence-corrected chi connectivity index (χ4v) is 4.58. The highest BCUT2D eigenvalue weighted by molar-refractivity contribution is 8.01. The van der Waals surface area contributed by atoms with Crippen molar-refractivity contribution in [2.24, 2.45) is 7.05 Å². The minimum Gasteiger partial charge on any atom is -0.328 e. The molecule has 0 saturated heterocycles. The summed E-state index contributed by atoms with van der Waals surface area (Å²) < 4.78 is 17.5. The van der Waals surface area contributed by atoms with Gasteiger partial charge in [-0.25, -0.2) is 9.07 Å². The van der Waals surface area contributed by atoms with Crippen molar-refractivity contribution >= 4 is 45.5 Å². The van der Waals surface area contributed by atoms with Gasteiger partial charge in [-0.05, 0) is 31.2 Å². The molecule has 0 spiro atoms. The lowest BCUT2D eigenvalue weighted by molar-refractivity contribution is -0.113. The van der Waals surface area contributed by atoms with Crippen LogP contribution in [0.1, 0.15) is 5.69 Å². The number of aromatic nitrogens is 4. The summed E-state index contributed by atoms with van der Waals surface area (Å²) in [6, 6.07) is 15.5. The lowest BCUT2D eigenvalue weighted by Crippen LogP contribution is -2.23. The maximum Gasteiger partial charge on any atom is 0.295 e. The zero-order valence-corrected chi connectivity index (χ0v) is 18.8. The van der Waals surface area contributed by atoms with Crippen LogP contribution in [0.25, 0.3) is 5.69 Å². The van der Waals surface area contributed by atoms with E-state index in [1.54, 1.807) is 36.9 Å². The SMILES string of the molecule is Cc1c(NC(=O)CSc2nnc(Nc3ccccc3F)s2)c(=O)n(-c2ccccc2)n1C. The van der Waals surface area contributed by atoms with Crippen molar-refractivity contribution in [3.63, 3.8) is 0 Å². The second-order valence-corrected chi connectivity index (χ2v) is 8.95. The molecule has 4 rings (SSSR count). The van der Waals surface area contributed by atoms with Crippen LogP contribution in [0, 0.1) is 12.7 Å². The molecule has 164 valence electrons. The third-order valence-electron chi connectivity index (χ3n) is 4.67. The number of benzene rings is 2. The van der Waals surface area contributed by atoms with E-state index in [1.165, 1.54) is 33.8 Å². The number of nitrogens with zero attached hydrogens (tertiary/aromatic N) is 4. The molecule has 2 heterocycles. The first kappa shape index (κ1) is 21.8. The van der Waals surface area contributed by atoms with Crippen LogP contribution in [0.5, 0.6) is 0 Å². The molecular formula is C21H19FN6O2S2. The van der Waals surface area contributed by atoms with Gasteiger partial charge >= 0.3 is 0 Å². The maximum absolute atomic E-state index is 13.8. The first-order valence-electron chi connectivity index (χ1n) is 9.56. The zero-order valence-electron chi connectivity index (χ0n) is 17.2. The molecule has 0 saturated carbocycles. The van der Waals surface area contributed by atoms with Gasteiger partial charge < -0.3 is 10.6 Å². The molecule has 0 fully saturated rings. The molecule has 0 aliphatic rings. The molecule has 0 atom stereocenters. The summed E-state index contributed by atoms with van der Waals surface area (Å²) in [6.45, 7) is 1.77. The van der Waals surface area contributed by atoms with Crippen molar-refractivity contribution < 1.29 is 9.18 Å². The van der Waals surface area contributed by atoms with Crippen molar-refractivity contribution in [1.29, 1.82) is 0 Å². The van der Waals surface area contributed by atoms with E-state index in [0.717, 1.165) is 0 Å². The third kappa shape index (κ3) is 4.58. The van der Waals surface area contributed by atoms with Crippen LogP contribution in [0.3, 0.4) is 0 Å². The monoisotopic (exact) mass is 470 g/mol. The summed E-state index contributed by atoms with van der Waals surface area (Å²) in [6.07, 6.45) is 0. The molecule has 0 unspecified atom stereocenters. The van der Waals surface area contributed by atoms with Crippen LogP contribution in [0.15, 0.2) is 63.7 Å². The highest BCUT2D eigenvalue weighted by Crippen LogP contribution is 2.28. The molecule has 0 bridgehead atoms. The Labute approximate surface area is 191 Å². The Hall–Kier alpha value is -3.44. The van der Waals surface area contributed by atoms with Crippen LogP contribution in [-0.4, -0.2) is 31.2 Å². The van der Waals surface area contributed by atoms with Gasteiger partial charge in [0.15, 0.2) is 4.34 Å². The smallest absolute Gasteiger partial charge is 0.295 e. The molecule has 1 amide bonds. The summed E-state index contributed by atoms with van der Waals surface area (Å²) in [5, 5.41) is 14.0. The number of carbonyl (C=O) groups is 1. The number of para-hydroxylation sites is 2. The van der Waals surface area contributed by atoms with Gasteiger partial charge in [0.1, 0.15) is 11.5 Å². The van der Waals surface area contributed by atoms with Gasteiger partial charge in [-0.2, -0.15) is 0 Å². The molecule has 0 aliphatic carbocycles. The van der Waals surface area contributed by atoms with Gasteiger partial charge in [0.25, 0.3) is 5.56 Å². The first-order chi connectivity index (χ1) is 15.4. The Kier molecular flexibility index (Phi) is 6.37. The van der Waals surface area contributed by atoms with Gasteiger partial charge in [0.05, 0.1) is 22.8 Å². The number of rotatable bonds is 7. The summed E-state index contributed by atoms with van der Waals surface area (Å²) >= 11 is 2.39. The van der Waals surface area contributed by atoms with Crippen LogP contribution in [0.4, 0.5) is 20.9 Å². The molecule has 11 heteroatoms. The first-order valence-corrected chi connectivity index (χ1v) is 11.4. The lowest BCUT2D eigenvalue weighted by atomic mass is 10.3. The Morgan fingerprint density at radius 3 is 2.59 bits per heavy atom. The molecule has 0 radical (unpaired) electrons. The van der Waals surface area contributed by atoms with E-state index in [2.05, 4.69) is 20.8 Å². The van der Waals surface area contributed by atoms with Gasteiger partial charge in [-0.15, -0.1) is 10.2 Å². The normalized spacial score (nSPS) is 10.8. The quantitative estimate of drug-likeness (QED) is 0.397. The third-order valence-corrected chi connectivity index (χ3v) is 6.64. The fourth-order valence-electron chi connectivity index (χ4n) is 3.01. The van der Waals surface area contributed by atoms with Crippen molar-refractivity contribution in [1.82, 2.24) is 19.6 Å². The molecule has 2 aromatic heterocycles. The number of hydrogen-bond acceptors (Lipinski definition) is 7. The molecule has 8 nitrogen and oxygen atoms in total. The fraction of sp³-hybridized carbons (Fsp3) is 0.143. The van der Waals surface area contributed by atoms with E-state index in [4.69, 9.17) is 0 Å². The van der Waals surface area contributed by atoms with Crippen LogP contribution < -0.4 is 16.2 Å². The number of thioether (sulfide) groups is 1. The van der Waals surface area contributed by atoms with Crippen molar-refractivity contribution in [3.05, 3.63) is 76.5 Å². The molecule has 4 aromatic rings. The van der Waals surface area contributed by atoms with Crippen molar-refractivity contribution in [2.45, 2.75) is 11.3 Å². The Morgan fingerprint density at radius 2 is 1.84 bits per heavy atom. The lowest BCUT2D eigenvalue weighted by Gasteiger charge is -2.07. The van der Waals surface area contributed by atoms with Crippen molar-refractivity contribution in [3.8, 4) is 5.69 Å². The summed E-state index contributed by atoms with van der Waals surface area (Å²) in [7, 11) is 1.76. The summed E-state index contributed by atoms with van der Waals surface area (Å²) in [5.41, 5.74) is 1.58. The number of anilines is 3. The maximum atomic E-state index is 13.8. The van der Waals surface area contributed by atoms with E-state index in [9.17, 15) is 14.0 Å². The minimum atomic E-state index is -0.393. The minimum absolute atomic E-state index is 0.0491. The second kappa shape index (κ2) is 9.37. The Balaban J connectivity index is 1.41. The van der Waals surface area contributed by atoms with Gasteiger partial charge in [-0.3, -0.25) is 14.3 Å². The van der Waals surface area contributed by atoms with Crippen LogP contribution >= 0.6 is 23.1 Å². The topological polar surface area (TPSA) is 93.8 Å². The van der Waals surface area contributed by atoms with Gasteiger partial charge in [0, 0.05) is 7.05 Å². The van der Waals surface area contributed by atoms with Gasteiger partial charge in [0.2, 0.25) is 11.0 Å². The van der Waals surface area contributed by atoms with E-state index in [-0.39, 0.29) is 22.9 Å². The molecule has 0 aliphatic heterocycles. The highest BCUT2D eigenvalue weighted by atomic mass is 32.2. The number of halogens is 1. The number of hydrogen-bond donors (Lipinski definition) is 2. The molecule has 32 heavy (non-hydrogen) atoms. The van der Waals surface area contributed by atoms with Crippen LogP contribution in [-0.2, 0) is 11.8 Å². The van der Waals surface area contributed by atoms with Gasteiger partial charge in [-0.1, -0.05) is 53.4 Å².